The lowest BCUT2D eigenvalue weighted by Crippen LogP contribution is -2.38. The minimum absolute atomic E-state index is 1.21. The molecule has 0 aromatic heterocycles. The molecule has 1 heteroatoms. The Kier molecular flexibility index (Phi) is 12.0. The van der Waals surface area contributed by atoms with Gasteiger partial charge in [0.15, 0.2) is 0 Å². The molecule has 76 heavy (non-hydrogen) atoms. The zero-order valence-corrected chi connectivity index (χ0v) is 44.1. The molecule has 0 unspecified atom stereocenters. The van der Waals surface area contributed by atoms with Crippen LogP contribution in [-0.2, 0) is 0 Å². The van der Waals surface area contributed by atoms with Crippen molar-refractivity contribution in [2.75, 3.05) is 0 Å². The van der Waals surface area contributed by atoms with Gasteiger partial charge in [0.2, 0.25) is 0 Å². The highest BCUT2D eigenvalue weighted by atomic mass is 28.3. The lowest BCUT2D eigenvalue weighted by Gasteiger charge is -2.18. The van der Waals surface area contributed by atoms with Gasteiger partial charge in [-0.25, -0.2) is 0 Å². The van der Waals surface area contributed by atoms with Crippen molar-refractivity contribution in [1.29, 1.82) is 0 Å². The predicted molar refractivity (Wildman–Crippen MR) is 312 cm³/mol. The zero-order chi connectivity index (χ0) is 51.2. The summed E-state index contributed by atoms with van der Waals surface area (Å²) < 4.78 is 0. The van der Waals surface area contributed by atoms with Crippen molar-refractivity contribution in [2.24, 2.45) is 0 Å². The van der Waals surface area contributed by atoms with E-state index >= 15 is 0 Å². The molecule has 0 saturated heterocycles. The van der Waals surface area contributed by atoms with Gasteiger partial charge < -0.3 is 0 Å². The Morgan fingerprint density at radius 2 is 0.263 bits per heavy atom. The summed E-state index contributed by atoms with van der Waals surface area (Å²) in [6, 6.07) is 106. The fourth-order valence-corrected chi connectivity index (χ4v) is 12.6. The van der Waals surface area contributed by atoms with E-state index in [4.69, 9.17) is 0 Å². The molecule has 0 atom stereocenters. The standard InChI is InChI=1S/C75H56Si/c1-76(2,3)75-50-73-48-49-74(75)72-46-44-70(45-47-72)68-38-36-66(37-39-68)64-30-28-62(29-31-64)60-22-20-58(21-23-60)56-14-12-54(13-15-56)52-6-4-51(5-7-52)53-8-10-55(11-9-53)57-16-18-59(19-17-57)61-24-26-63(27-25-61)65-32-34-67(35-33-65)69-40-42-71(73)43-41-69/h4-50H,1-3H3. The number of hydrogen-bond donors (Lipinski definition) is 0. The van der Waals surface area contributed by atoms with Gasteiger partial charge in [-0.3, -0.25) is 0 Å². The second-order valence-electron chi connectivity index (χ2n) is 21.4. The number of hydrogen-bond acceptors (Lipinski definition) is 0. The van der Waals surface area contributed by atoms with Gasteiger partial charge in [0.25, 0.3) is 0 Å². The van der Waals surface area contributed by atoms with E-state index < -0.39 is 8.07 Å². The first-order valence-electron chi connectivity index (χ1n) is 26.5. The minimum atomic E-state index is -1.72. The Hall–Kier alpha value is -9.14. The molecule has 0 N–H and O–H groups in total. The largest absolute Gasteiger partial charge is 0.0784 e. The maximum Gasteiger partial charge on any atom is 0.0784 e. The van der Waals surface area contributed by atoms with E-state index in [1.54, 1.807) is 0 Å². The van der Waals surface area contributed by atoms with Crippen LogP contribution >= 0.6 is 0 Å². The molecule has 46 rings (SSSR count). The van der Waals surface area contributed by atoms with Crippen LogP contribution in [0.1, 0.15) is 0 Å². The molecular formula is C75H56Si. The fraction of sp³-hybridized carbons (Fsp3) is 0.0400. The Balaban J connectivity index is 0.953. The summed E-state index contributed by atoms with van der Waals surface area (Å²) in [6.07, 6.45) is 0. The second kappa shape index (κ2) is 19.6. The zero-order valence-electron chi connectivity index (χ0n) is 43.1. The Morgan fingerprint density at radius 3 is 0.408 bits per heavy atom. The van der Waals surface area contributed by atoms with Crippen LogP contribution in [0, 0.1) is 125 Å². The summed E-state index contributed by atoms with van der Waals surface area (Å²) in [4.78, 5) is 0. The van der Waals surface area contributed by atoms with Crippen LogP contribution in [0.25, 0.3) is 0 Å². The predicted octanol–water partition coefficient (Wildman–Crippen LogP) is 16.0. The smallest absolute Gasteiger partial charge is 0.0656 e. The third kappa shape index (κ3) is 9.39. The van der Waals surface area contributed by atoms with Crippen molar-refractivity contribution in [3.63, 3.8) is 0 Å². The first kappa shape index (κ1) is 46.6. The lowest BCUT2D eigenvalue weighted by molar-refractivity contribution is 1.38. The van der Waals surface area contributed by atoms with Gasteiger partial charge in [-0.2, -0.15) is 0 Å². The van der Waals surface area contributed by atoms with Crippen molar-refractivity contribution in [1.82, 2.24) is 0 Å². The van der Waals surface area contributed by atoms with Crippen LogP contribution in [0.2, 0.25) is 19.6 Å². The topological polar surface area (TPSA) is 0 Å². The normalized spacial score (nSPS) is 11.6. The number of rotatable bonds is 1. The molecule has 0 nitrogen and oxygen atoms in total. The average molecular weight is 985 g/mol. The van der Waals surface area contributed by atoms with E-state index in [2.05, 4.69) is 305 Å². The third-order valence-corrected chi connectivity index (χ3v) is 17.6. The molecule has 0 aliphatic heterocycles. The molecule has 0 radical (unpaired) electrons. The Labute approximate surface area is 440 Å². The molecule has 24 bridgehead atoms. The molecule has 0 saturated carbocycles. The summed E-state index contributed by atoms with van der Waals surface area (Å²) in [6.45, 7) is 7.36. The van der Waals surface area contributed by atoms with E-state index in [1.165, 1.54) is 130 Å². The highest BCUT2D eigenvalue weighted by Gasteiger charge is 2.18. The van der Waals surface area contributed by atoms with E-state index in [1.807, 2.05) is 0 Å². The van der Waals surface area contributed by atoms with Crippen LogP contribution in [0.15, 0.2) is 285 Å². The fourth-order valence-electron chi connectivity index (χ4n) is 11.0. The quantitative estimate of drug-likeness (QED) is 0.144. The first-order chi connectivity index (χ1) is 37.2. The van der Waals surface area contributed by atoms with Gasteiger partial charge in [0.05, 0.1) is 8.07 Å². The van der Waals surface area contributed by atoms with Crippen LogP contribution < -0.4 is 5.19 Å². The van der Waals surface area contributed by atoms with E-state index in [0.717, 1.165) is 0 Å². The van der Waals surface area contributed by atoms with Crippen LogP contribution in [0.4, 0.5) is 0 Å². The third-order valence-electron chi connectivity index (χ3n) is 15.5. The maximum absolute atomic E-state index is 2.46. The first-order valence-corrected chi connectivity index (χ1v) is 30.0. The lowest BCUT2D eigenvalue weighted by atomic mass is 10.1. The SMILES string of the molecule is C[Si](C)(C)c1cc2ccc1=c1ccc(cc1)=c1ccc(cc1)=c1ccc(cc1)=c1ccc(cc1)=c1ccc(cc1)=c1ccc(cc1)=c1ccc(cc1)=c1ccc(cc1)=c1ccc(cc1)=c1ccc(cc1)=c1ccc=2cc1. The molecule has 0 spiro atoms. The Morgan fingerprint density at radius 1 is 0.145 bits per heavy atom. The summed E-state index contributed by atoms with van der Waals surface area (Å²) in [5.41, 5.74) is 0. The summed E-state index contributed by atoms with van der Waals surface area (Å²) in [5.74, 6) is 0. The maximum atomic E-state index is 2.46. The summed E-state index contributed by atoms with van der Waals surface area (Å²) in [7, 11) is -1.72. The molecule has 0 heterocycles. The molecule has 0 amide bonds. The van der Waals surface area contributed by atoms with Gasteiger partial charge in [0, 0.05) is 0 Å². The Bertz CT molecular complexity index is 5360. The van der Waals surface area contributed by atoms with Crippen molar-refractivity contribution < 1.29 is 0 Å². The van der Waals surface area contributed by atoms with Crippen LogP contribution in [-0.4, -0.2) is 8.07 Å². The van der Waals surface area contributed by atoms with E-state index in [9.17, 15) is 0 Å². The molecular weight excluding hydrogens is 929 g/mol. The monoisotopic (exact) mass is 984 g/mol. The molecule has 12 aromatic carbocycles. The second-order valence-corrected chi connectivity index (χ2v) is 26.4. The average Bonchev–Trinajstić information content (AvgIpc) is 3.50. The summed E-state index contributed by atoms with van der Waals surface area (Å²) in [5, 5.41) is 30.8. The summed E-state index contributed by atoms with van der Waals surface area (Å²) >= 11 is 0. The highest BCUT2D eigenvalue weighted by molar-refractivity contribution is 6.88. The van der Waals surface area contributed by atoms with Crippen LogP contribution in [0.3, 0.4) is 0 Å². The highest BCUT2D eigenvalue weighted by Crippen LogP contribution is 2.12. The van der Waals surface area contributed by atoms with Gasteiger partial charge >= 0.3 is 0 Å². The van der Waals surface area contributed by atoms with Crippen molar-refractivity contribution in [2.45, 2.75) is 19.6 Å². The van der Waals surface area contributed by atoms with Crippen molar-refractivity contribution >= 4 is 13.3 Å². The van der Waals surface area contributed by atoms with E-state index in [0.29, 0.717) is 0 Å². The number of benzene rings is 12. The molecule has 12 aromatic rings. The van der Waals surface area contributed by atoms with Crippen LogP contribution in [0.5, 0.6) is 0 Å². The van der Waals surface area contributed by atoms with Gasteiger partial charge in [-0.1, -0.05) is 310 Å². The van der Waals surface area contributed by atoms with Gasteiger partial charge in [-0.15, -0.1) is 0 Å². The molecule has 34 aliphatic rings. The van der Waals surface area contributed by atoms with E-state index in [-0.39, 0.29) is 0 Å². The van der Waals surface area contributed by atoms with Gasteiger partial charge in [-0.05, 0) is 125 Å². The minimum Gasteiger partial charge on any atom is -0.0656 e. The van der Waals surface area contributed by atoms with Crippen molar-refractivity contribution in [3.8, 4) is 0 Å². The van der Waals surface area contributed by atoms with Crippen molar-refractivity contribution in [3.05, 3.63) is 410 Å². The molecule has 360 valence electrons. The van der Waals surface area contributed by atoms with Gasteiger partial charge in [0.1, 0.15) is 0 Å². The molecule has 34 aliphatic carbocycles. The molecule has 0 fully saturated rings.